The van der Waals surface area contributed by atoms with Gasteiger partial charge in [0.05, 0.1) is 0 Å². The molecule has 0 aliphatic carbocycles. The molecular formula is C8H8F2O. The van der Waals surface area contributed by atoms with Crippen LogP contribution in [0.15, 0.2) is 6.07 Å². The Morgan fingerprint density at radius 2 is 1.82 bits per heavy atom. The summed E-state index contributed by atoms with van der Waals surface area (Å²) < 4.78 is 25.4. The highest BCUT2D eigenvalue weighted by Crippen LogP contribution is 2.25. The summed E-state index contributed by atoms with van der Waals surface area (Å²) in [6, 6.07) is 0.970. The highest BCUT2D eigenvalue weighted by molar-refractivity contribution is 5.37. The number of rotatable bonds is 0. The maximum Gasteiger partial charge on any atom is 0.165 e. The van der Waals surface area contributed by atoms with Gasteiger partial charge in [-0.05, 0) is 25.5 Å². The Morgan fingerprint density at radius 1 is 1.27 bits per heavy atom. The molecule has 0 radical (unpaired) electrons. The van der Waals surface area contributed by atoms with Crippen LogP contribution in [0.5, 0.6) is 5.75 Å². The Balaban J connectivity index is 3.46. The number of benzene rings is 1. The summed E-state index contributed by atoms with van der Waals surface area (Å²) >= 11 is 0. The van der Waals surface area contributed by atoms with Crippen molar-refractivity contribution < 1.29 is 13.9 Å². The number of aryl methyl sites for hydroxylation is 1. The largest absolute Gasteiger partial charge is 0.505 e. The monoisotopic (exact) mass is 158 g/mol. The third-order valence-corrected chi connectivity index (χ3v) is 1.60. The number of aromatic hydroxyl groups is 1. The fourth-order valence-electron chi connectivity index (χ4n) is 0.901. The Kier molecular flexibility index (Phi) is 1.81. The van der Waals surface area contributed by atoms with Gasteiger partial charge in [0.1, 0.15) is 5.82 Å². The molecule has 1 nitrogen and oxygen atoms in total. The van der Waals surface area contributed by atoms with Crippen LogP contribution in [0.4, 0.5) is 8.78 Å². The first-order valence-electron chi connectivity index (χ1n) is 3.18. The zero-order chi connectivity index (χ0) is 8.59. The lowest BCUT2D eigenvalue weighted by Gasteiger charge is -2.03. The molecule has 1 N–H and O–H groups in total. The third kappa shape index (κ3) is 1.18. The molecular weight excluding hydrogens is 150 g/mol. The van der Waals surface area contributed by atoms with Crippen molar-refractivity contribution in [2.24, 2.45) is 0 Å². The number of hydrogen-bond donors (Lipinski definition) is 1. The summed E-state index contributed by atoms with van der Waals surface area (Å²) in [6.07, 6.45) is 0. The van der Waals surface area contributed by atoms with Gasteiger partial charge in [0.15, 0.2) is 11.6 Å². The molecule has 11 heavy (non-hydrogen) atoms. The van der Waals surface area contributed by atoms with Gasteiger partial charge in [-0.2, -0.15) is 0 Å². The Hall–Kier alpha value is -1.12. The molecule has 3 heteroatoms. The van der Waals surface area contributed by atoms with Crippen LogP contribution in [-0.4, -0.2) is 5.11 Å². The van der Waals surface area contributed by atoms with Gasteiger partial charge < -0.3 is 5.11 Å². The minimum absolute atomic E-state index is 0.0394. The van der Waals surface area contributed by atoms with Gasteiger partial charge in [-0.25, -0.2) is 8.78 Å². The molecule has 1 aromatic carbocycles. The lowest BCUT2D eigenvalue weighted by molar-refractivity contribution is 0.420. The lowest BCUT2D eigenvalue weighted by atomic mass is 10.1. The molecule has 0 bridgehead atoms. The van der Waals surface area contributed by atoms with E-state index in [2.05, 4.69) is 0 Å². The zero-order valence-corrected chi connectivity index (χ0v) is 6.28. The van der Waals surface area contributed by atoms with Crippen LogP contribution < -0.4 is 0 Å². The van der Waals surface area contributed by atoms with Crippen LogP contribution in [0, 0.1) is 25.5 Å². The normalized spacial score (nSPS) is 10.2. The van der Waals surface area contributed by atoms with Crippen LogP contribution in [0.3, 0.4) is 0 Å². The molecule has 1 aromatic rings. The van der Waals surface area contributed by atoms with E-state index >= 15 is 0 Å². The molecule has 1 rings (SSSR count). The average Bonchev–Trinajstić information content (AvgIpc) is 1.97. The zero-order valence-electron chi connectivity index (χ0n) is 6.28. The van der Waals surface area contributed by atoms with Gasteiger partial charge in [-0.15, -0.1) is 0 Å². The van der Waals surface area contributed by atoms with Crippen molar-refractivity contribution in [3.05, 3.63) is 28.8 Å². The van der Waals surface area contributed by atoms with Gasteiger partial charge >= 0.3 is 0 Å². The van der Waals surface area contributed by atoms with Crippen molar-refractivity contribution in [1.82, 2.24) is 0 Å². The second kappa shape index (κ2) is 2.49. The van der Waals surface area contributed by atoms with Gasteiger partial charge in [0.25, 0.3) is 0 Å². The van der Waals surface area contributed by atoms with E-state index in [0.717, 1.165) is 6.07 Å². The number of hydrogen-bond acceptors (Lipinski definition) is 1. The van der Waals surface area contributed by atoms with E-state index in [1.54, 1.807) is 0 Å². The molecule has 0 aromatic heterocycles. The molecule has 0 fully saturated rings. The fraction of sp³-hybridized carbons (Fsp3) is 0.250. The fourth-order valence-corrected chi connectivity index (χ4v) is 0.901. The first kappa shape index (κ1) is 7.98. The molecule has 0 aliphatic rings. The Morgan fingerprint density at radius 3 is 2.36 bits per heavy atom. The van der Waals surface area contributed by atoms with Crippen molar-refractivity contribution in [2.75, 3.05) is 0 Å². The average molecular weight is 158 g/mol. The summed E-state index contributed by atoms with van der Waals surface area (Å²) in [5.74, 6) is -1.93. The van der Waals surface area contributed by atoms with E-state index in [9.17, 15) is 8.78 Å². The number of phenols is 1. The van der Waals surface area contributed by atoms with Crippen molar-refractivity contribution in [1.29, 1.82) is 0 Å². The maximum absolute atomic E-state index is 12.8. The molecule has 0 heterocycles. The molecule has 0 aliphatic heterocycles. The summed E-state index contributed by atoms with van der Waals surface area (Å²) in [7, 11) is 0. The predicted octanol–water partition coefficient (Wildman–Crippen LogP) is 2.29. The van der Waals surface area contributed by atoms with Crippen molar-refractivity contribution in [3.63, 3.8) is 0 Å². The van der Waals surface area contributed by atoms with Gasteiger partial charge in [0.2, 0.25) is 0 Å². The second-order valence-electron chi connectivity index (χ2n) is 2.46. The summed E-state index contributed by atoms with van der Waals surface area (Å²) in [5.41, 5.74) is 0.167. The quantitative estimate of drug-likeness (QED) is 0.614. The summed E-state index contributed by atoms with van der Waals surface area (Å²) in [5, 5.41) is 8.90. The van der Waals surface area contributed by atoms with Crippen molar-refractivity contribution in [3.8, 4) is 5.75 Å². The molecule has 0 unspecified atom stereocenters. The van der Waals surface area contributed by atoms with E-state index in [-0.39, 0.29) is 11.1 Å². The van der Waals surface area contributed by atoms with Gasteiger partial charge in [0, 0.05) is 5.56 Å². The Labute approximate surface area is 63.3 Å². The highest BCUT2D eigenvalue weighted by Gasteiger charge is 2.10. The standard InChI is InChI=1S/C8H8F2O/c1-4-3-6(9)8(11)5(2)7(4)10/h3,11H,1-2H3. The second-order valence-corrected chi connectivity index (χ2v) is 2.46. The van der Waals surface area contributed by atoms with Crippen LogP contribution in [0.2, 0.25) is 0 Å². The van der Waals surface area contributed by atoms with E-state index in [0.29, 0.717) is 0 Å². The predicted molar refractivity (Wildman–Crippen MR) is 37.5 cm³/mol. The summed E-state index contributed by atoms with van der Waals surface area (Å²) in [6.45, 7) is 2.78. The van der Waals surface area contributed by atoms with Gasteiger partial charge in [-0.1, -0.05) is 0 Å². The maximum atomic E-state index is 12.8. The van der Waals surface area contributed by atoms with E-state index < -0.39 is 17.4 Å². The molecule has 60 valence electrons. The first-order chi connectivity index (χ1) is 5.04. The number of phenolic OH excluding ortho intramolecular Hbond substituents is 1. The van der Waals surface area contributed by atoms with Crippen LogP contribution in [0.1, 0.15) is 11.1 Å². The lowest BCUT2D eigenvalue weighted by Crippen LogP contribution is -1.91. The third-order valence-electron chi connectivity index (χ3n) is 1.60. The Bertz CT molecular complexity index is 268. The molecule has 0 saturated carbocycles. The first-order valence-corrected chi connectivity index (χ1v) is 3.18. The highest BCUT2D eigenvalue weighted by atomic mass is 19.1. The van der Waals surface area contributed by atoms with Crippen molar-refractivity contribution in [2.45, 2.75) is 13.8 Å². The molecule has 0 spiro atoms. The minimum Gasteiger partial charge on any atom is -0.505 e. The molecule has 0 atom stereocenters. The summed E-state index contributed by atoms with van der Waals surface area (Å²) in [4.78, 5) is 0. The smallest absolute Gasteiger partial charge is 0.165 e. The molecule has 0 saturated heterocycles. The molecule has 0 amide bonds. The van der Waals surface area contributed by atoms with Crippen LogP contribution in [-0.2, 0) is 0 Å². The SMILES string of the molecule is Cc1cc(F)c(O)c(C)c1F. The van der Waals surface area contributed by atoms with E-state index in [1.807, 2.05) is 0 Å². The minimum atomic E-state index is -0.776. The topological polar surface area (TPSA) is 20.2 Å². The van der Waals surface area contributed by atoms with Crippen LogP contribution in [0.25, 0.3) is 0 Å². The van der Waals surface area contributed by atoms with E-state index in [4.69, 9.17) is 5.11 Å². The van der Waals surface area contributed by atoms with Gasteiger partial charge in [-0.3, -0.25) is 0 Å². The van der Waals surface area contributed by atoms with Crippen molar-refractivity contribution >= 4 is 0 Å². The number of halogens is 2. The van der Waals surface area contributed by atoms with E-state index in [1.165, 1.54) is 13.8 Å². The van der Waals surface area contributed by atoms with Crippen LogP contribution >= 0.6 is 0 Å².